The summed E-state index contributed by atoms with van der Waals surface area (Å²) in [5, 5.41) is 4.68. The number of fused-ring (bicyclic) bond motifs is 1. The predicted molar refractivity (Wildman–Crippen MR) is 75.7 cm³/mol. The van der Waals surface area contributed by atoms with Gasteiger partial charge in [0, 0.05) is 17.3 Å². The molecule has 0 radical (unpaired) electrons. The molecule has 1 N–H and O–H groups in total. The van der Waals surface area contributed by atoms with Gasteiger partial charge in [0.15, 0.2) is 0 Å². The summed E-state index contributed by atoms with van der Waals surface area (Å²) in [6.07, 6.45) is 2.76. The molecule has 0 aliphatic heterocycles. The zero-order valence-corrected chi connectivity index (χ0v) is 11.4. The van der Waals surface area contributed by atoms with Gasteiger partial charge in [0.25, 0.3) is 0 Å². The van der Waals surface area contributed by atoms with E-state index in [2.05, 4.69) is 48.2 Å². The van der Waals surface area contributed by atoms with Crippen LogP contribution < -0.4 is 5.32 Å². The number of likely N-dealkylation sites (N-methyl/N-ethyl adjacent to an activating group) is 1. The molecule has 0 saturated carbocycles. The minimum atomic E-state index is 0.429. The highest BCUT2D eigenvalue weighted by Crippen LogP contribution is 2.27. The summed E-state index contributed by atoms with van der Waals surface area (Å²) in [4.78, 5) is 8.86. The van der Waals surface area contributed by atoms with Gasteiger partial charge in [-0.3, -0.25) is 0 Å². The second kappa shape index (κ2) is 5.91. The standard InChI is InChI=1S/C15H21N3/c1-4-12(11(3)16-5-2)15-13-8-6-7-9-14(13)17-10-18-15/h6-12,16H,4-5H2,1-3H3. The number of para-hydroxylation sites is 1. The lowest BCUT2D eigenvalue weighted by atomic mass is 9.91. The number of nitrogens with one attached hydrogen (secondary N) is 1. The van der Waals surface area contributed by atoms with Crippen molar-refractivity contribution in [3.8, 4) is 0 Å². The molecular formula is C15H21N3. The van der Waals surface area contributed by atoms with E-state index in [-0.39, 0.29) is 0 Å². The lowest BCUT2D eigenvalue weighted by molar-refractivity contribution is 0.455. The van der Waals surface area contributed by atoms with Gasteiger partial charge in [0.1, 0.15) is 6.33 Å². The molecular weight excluding hydrogens is 222 g/mol. The highest BCUT2D eigenvalue weighted by atomic mass is 14.9. The van der Waals surface area contributed by atoms with Crippen LogP contribution >= 0.6 is 0 Å². The van der Waals surface area contributed by atoms with Crippen LogP contribution in [0.4, 0.5) is 0 Å². The first kappa shape index (κ1) is 13.0. The minimum Gasteiger partial charge on any atom is -0.314 e. The van der Waals surface area contributed by atoms with Crippen molar-refractivity contribution < 1.29 is 0 Å². The Balaban J connectivity index is 2.44. The summed E-state index contributed by atoms with van der Waals surface area (Å²) in [7, 11) is 0. The van der Waals surface area contributed by atoms with Gasteiger partial charge in [0.2, 0.25) is 0 Å². The van der Waals surface area contributed by atoms with Gasteiger partial charge in [-0.15, -0.1) is 0 Å². The number of rotatable bonds is 5. The maximum Gasteiger partial charge on any atom is 0.116 e. The van der Waals surface area contributed by atoms with Crippen LogP contribution in [0.15, 0.2) is 30.6 Å². The van der Waals surface area contributed by atoms with Gasteiger partial charge in [-0.2, -0.15) is 0 Å². The second-order valence-corrected chi connectivity index (χ2v) is 4.64. The number of aromatic nitrogens is 2. The van der Waals surface area contributed by atoms with Crippen LogP contribution in [0.1, 0.15) is 38.8 Å². The fourth-order valence-electron chi connectivity index (χ4n) is 2.57. The Hall–Kier alpha value is -1.48. The highest BCUT2D eigenvalue weighted by molar-refractivity contribution is 5.81. The molecule has 3 heteroatoms. The number of benzene rings is 1. The second-order valence-electron chi connectivity index (χ2n) is 4.64. The van der Waals surface area contributed by atoms with Crippen LogP contribution in [0.2, 0.25) is 0 Å². The Kier molecular flexibility index (Phi) is 4.26. The molecule has 2 aromatic rings. The first-order valence-corrected chi connectivity index (χ1v) is 6.71. The van der Waals surface area contributed by atoms with E-state index in [1.54, 1.807) is 6.33 Å². The van der Waals surface area contributed by atoms with Gasteiger partial charge in [-0.25, -0.2) is 9.97 Å². The van der Waals surface area contributed by atoms with E-state index in [9.17, 15) is 0 Å². The SMILES string of the molecule is CCNC(C)C(CC)c1ncnc2ccccc12. The summed E-state index contributed by atoms with van der Waals surface area (Å²) < 4.78 is 0. The van der Waals surface area contributed by atoms with Crippen LogP contribution in [-0.4, -0.2) is 22.6 Å². The van der Waals surface area contributed by atoms with Crippen molar-refractivity contribution >= 4 is 10.9 Å². The van der Waals surface area contributed by atoms with E-state index < -0.39 is 0 Å². The molecule has 0 fully saturated rings. The van der Waals surface area contributed by atoms with Crippen molar-refractivity contribution in [2.45, 2.75) is 39.2 Å². The van der Waals surface area contributed by atoms with E-state index >= 15 is 0 Å². The average Bonchev–Trinajstić information content (AvgIpc) is 2.40. The number of nitrogens with zero attached hydrogens (tertiary/aromatic N) is 2. The summed E-state index contributed by atoms with van der Waals surface area (Å²) in [6.45, 7) is 7.58. The van der Waals surface area contributed by atoms with E-state index in [1.165, 1.54) is 5.39 Å². The Labute approximate surface area is 109 Å². The Morgan fingerprint density at radius 1 is 1.17 bits per heavy atom. The van der Waals surface area contributed by atoms with Gasteiger partial charge in [-0.1, -0.05) is 32.0 Å². The summed E-state index contributed by atoms with van der Waals surface area (Å²) in [5.74, 6) is 0.429. The third kappa shape index (κ3) is 2.51. The zero-order chi connectivity index (χ0) is 13.0. The van der Waals surface area contributed by atoms with Crippen LogP contribution in [-0.2, 0) is 0 Å². The highest BCUT2D eigenvalue weighted by Gasteiger charge is 2.20. The maximum atomic E-state index is 4.53. The number of hydrogen-bond acceptors (Lipinski definition) is 3. The molecule has 18 heavy (non-hydrogen) atoms. The lowest BCUT2D eigenvalue weighted by Gasteiger charge is -2.23. The Bertz CT molecular complexity index is 505. The summed E-state index contributed by atoms with van der Waals surface area (Å²) in [6, 6.07) is 8.67. The molecule has 3 nitrogen and oxygen atoms in total. The molecule has 1 heterocycles. The van der Waals surface area contributed by atoms with Gasteiger partial charge >= 0.3 is 0 Å². The third-order valence-corrected chi connectivity index (χ3v) is 3.49. The molecule has 0 bridgehead atoms. The van der Waals surface area contributed by atoms with Gasteiger partial charge < -0.3 is 5.32 Å². The average molecular weight is 243 g/mol. The van der Waals surface area contributed by atoms with Crippen LogP contribution in [0.3, 0.4) is 0 Å². The van der Waals surface area contributed by atoms with Crippen LogP contribution in [0.25, 0.3) is 10.9 Å². The van der Waals surface area contributed by atoms with E-state index in [0.717, 1.165) is 24.2 Å². The molecule has 0 aliphatic carbocycles. The fourth-order valence-corrected chi connectivity index (χ4v) is 2.57. The summed E-state index contributed by atoms with van der Waals surface area (Å²) in [5.41, 5.74) is 2.20. The molecule has 2 rings (SSSR count). The van der Waals surface area contributed by atoms with E-state index in [4.69, 9.17) is 0 Å². The van der Waals surface area contributed by atoms with Crippen molar-refractivity contribution in [2.24, 2.45) is 0 Å². The van der Waals surface area contributed by atoms with Crippen LogP contribution in [0, 0.1) is 0 Å². The van der Waals surface area contributed by atoms with Crippen molar-refractivity contribution in [1.29, 1.82) is 0 Å². The van der Waals surface area contributed by atoms with Crippen molar-refractivity contribution in [3.05, 3.63) is 36.3 Å². The van der Waals surface area contributed by atoms with Crippen molar-refractivity contribution in [2.75, 3.05) is 6.54 Å². The minimum absolute atomic E-state index is 0.429. The molecule has 0 spiro atoms. The third-order valence-electron chi connectivity index (χ3n) is 3.49. The Morgan fingerprint density at radius 2 is 1.94 bits per heavy atom. The van der Waals surface area contributed by atoms with E-state index in [1.807, 2.05) is 12.1 Å². The first-order valence-electron chi connectivity index (χ1n) is 6.71. The van der Waals surface area contributed by atoms with E-state index in [0.29, 0.717) is 12.0 Å². The predicted octanol–water partition coefficient (Wildman–Crippen LogP) is 3.12. The summed E-state index contributed by atoms with van der Waals surface area (Å²) >= 11 is 0. The van der Waals surface area contributed by atoms with Gasteiger partial charge in [-0.05, 0) is 26.0 Å². The molecule has 2 atom stereocenters. The molecule has 1 aromatic heterocycles. The molecule has 1 aromatic carbocycles. The smallest absolute Gasteiger partial charge is 0.116 e. The van der Waals surface area contributed by atoms with Crippen molar-refractivity contribution in [1.82, 2.24) is 15.3 Å². The maximum absolute atomic E-state index is 4.53. The largest absolute Gasteiger partial charge is 0.314 e. The quantitative estimate of drug-likeness (QED) is 0.876. The molecule has 96 valence electrons. The first-order chi connectivity index (χ1) is 8.77. The lowest BCUT2D eigenvalue weighted by Crippen LogP contribution is -2.32. The number of hydrogen-bond donors (Lipinski definition) is 1. The molecule has 0 amide bonds. The molecule has 0 aliphatic rings. The van der Waals surface area contributed by atoms with Crippen LogP contribution in [0.5, 0.6) is 0 Å². The molecule has 2 unspecified atom stereocenters. The van der Waals surface area contributed by atoms with Gasteiger partial charge in [0.05, 0.1) is 11.2 Å². The topological polar surface area (TPSA) is 37.8 Å². The normalized spacial score (nSPS) is 14.6. The Morgan fingerprint density at radius 3 is 2.67 bits per heavy atom. The fraction of sp³-hybridized carbons (Fsp3) is 0.467. The monoisotopic (exact) mass is 243 g/mol. The molecule has 0 saturated heterocycles. The van der Waals surface area contributed by atoms with Crippen molar-refractivity contribution in [3.63, 3.8) is 0 Å². The zero-order valence-electron chi connectivity index (χ0n) is 11.4.